The normalized spacial score (nSPS) is 11.0. The number of aromatic nitrogens is 1. The van der Waals surface area contributed by atoms with Crippen molar-refractivity contribution in [2.75, 3.05) is 5.73 Å². The van der Waals surface area contributed by atoms with Gasteiger partial charge in [0.15, 0.2) is 5.58 Å². The minimum absolute atomic E-state index is 0.555. The molecule has 1 heterocycles. The molecule has 1 aromatic heterocycles. The second-order valence-corrected chi connectivity index (χ2v) is 4.62. The fraction of sp³-hybridized carbons (Fsp3) is 0.0714. The van der Waals surface area contributed by atoms with E-state index in [0.717, 1.165) is 16.6 Å². The van der Waals surface area contributed by atoms with E-state index in [4.69, 9.17) is 21.8 Å². The summed E-state index contributed by atoms with van der Waals surface area (Å²) in [5.41, 5.74) is 9.76. The standard InChI is InChI=1S/C14H11ClN2O/c1-8-5-12-13(7-11(8)15)18-14(17-12)9-3-2-4-10(16)6-9/h2-7H,16H2,1H3. The molecule has 0 atom stereocenters. The molecular weight excluding hydrogens is 248 g/mol. The van der Waals surface area contributed by atoms with E-state index in [-0.39, 0.29) is 0 Å². The van der Waals surface area contributed by atoms with E-state index < -0.39 is 0 Å². The summed E-state index contributed by atoms with van der Waals surface area (Å²) in [4.78, 5) is 4.45. The van der Waals surface area contributed by atoms with Gasteiger partial charge in [0.1, 0.15) is 5.52 Å². The molecule has 0 unspecified atom stereocenters. The van der Waals surface area contributed by atoms with Crippen molar-refractivity contribution >= 4 is 28.4 Å². The van der Waals surface area contributed by atoms with Gasteiger partial charge in [-0.2, -0.15) is 0 Å². The number of nitrogens with two attached hydrogens (primary N) is 1. The molecule has 0 aliphatic heterocycles. The topological polar surface area (TPSA) is 52.0 Å². The Bertz CT molecular complexity index is 695. The van der Waals surface area contributed by atoms with Crippen molar-refractivity contribution in [1.29, 1.82) is 0 Å². The van der Waals surface area contributed by atoms with Crippen LogP contribution in [-0.2, 0) is 0 Å². The Morgan fingerprint density at radius 2 is 2.06 bits per heavy atom. The fourth-order valence-electron chi connectivity index (χ4n) is 1.85. The Hall–Kier alpha value is -2.00. The number of hydrogen-bond acceptors (Lipinski definition) is 3. The minimum Gasteiger partial charge on any atom is -0.436 e. The number of halogens is 1. The quantitative estimate of drug-likeness (QED) is 0.670. The van der Waals surface area contributed by atoms with Gasteiger partial charge in [0.2, 0.25) is 5.89 Å². The summed E-state index contributed by atoms with van der Waals surface area (Å²) in [6.07, 6.45) is 0. The molecule has 3 nitrogen and oxygen atoms in total. The molecule has 0 radical (unpaired) electrons. The number of anilines is 1. The molecule has 0 saturated heterocycles. The summed E-state index contributed by atoms with van der Waals surface area (Å²) in [5, 5.41) is 0.678. The number of nitrogens with zero attached hydrogens (tertiary/aromatic N) is 1. The lowest BCUT2D eigenvalue weighted by atomic mass is 10.2. The van der Waals surface area contributed by atoms with Crippen molar-refractivity contribution in [3.8, 4) is 11.5 Å². The predicted octanol–water partition coefficient (Wildman–Crippen LogP) is 4.04. The van der Waals surface area contributed by atoms with Gasteiger partial charge < -0.3 is 10.2 Å². The number of aryl methyl sites for hydroxylation is 1. The number of benzene rings is 2. The van der Waals surface area contributed by atoms with Crippen molar-refractivity contribution in [2.45, 2.75) is 6.92 Å². The first-order valence-electron chi connectivity index (χ1n) is 5.56. The predicted molar refractivity (Wildman–Crippen MR) is 73.6 cm³/mol. The van der Waals surface area contributed by atoms with E-state index in [1.54, 1.807) is 6.07 Å². The summed E-state index contributed by atoms with van der Waals surface area (Å²) in [6.45, 7) is 1.94. The van der Waals surface area contributed by atoms with Crippen LogP contribution in [0.25, 0.3) is 22.6 Å². The Labute approximate surface area is 109 Å². The number of hydrogen-bond donors (Lipinski definition) is 1. The van der Waals surface area contributed by atoms with Crippen LogP contribution in [0.1, 0.15) is 5.56 Å². The van der Waals surface area contributed by atoms with E-state index in [2.05, 4.69) is 4.98 Å². The maximum Gasteiger partial charge on any atom is 0.227 e. The highest BCUT2D eigenvalue weighted by Crippen LogP contribution is 2.28. The lowest BCUT2D eigenvalue weighted by Crippen LogP contribution is -1.84. The first-order chi connectivity index (χ1) is 8.63. The van der Waals surface area contributed by atoms with Gasteiger partial charge in [-0.15, -0.1) is 0 Å². The average molecular weight is 259 g/mol. The molecule has 0 fully saturated rings. The summed E-state index contributed by atoms with van der Waals surface area (Å²) in [5.74, 6) is 0.555. The van der Waals surface area contributed by atoms with Gasteiger partial charge >= 0.3 is 0 Å². The van der Waals surface area contributed by atoms with Crippen molar-refractivity contribution < 1.29 is 4.42 Å². The Morgan fingerprint density at radius 3 is 2.83 bits per heavy atom. The minimum atomic E-state index is 0.555. The van der Waals surface area contributed by atoms with E-state index in [1.165, 1.54) is 0 Å². The van der Waals surface area contributed by atoms with Gasteiger partial charge in [-0.05, 0) is 36.8 Å². The zero-order valence-electron chi connectivity index (χ0n) is 9.77. The largest absolute Gasteiger partial charge is 0.436 e. The molecule has 0 aliphatic carbocycles. The second kappa shape index (κ2) is 4.03. The van der Waals surface area contributed by atoms with Crippen LogP contribution >= 0.6 is 11.6 Å². The molecule has 0 spiro atoms. The van der Waals surface area contributed by atoms with Gasteiger partial charge in [-0.1, -0.05) is 17.7 Å². The number of nitrogen functional groups attached to an aromatic ring is 1. The van der Waals surface area contributed by atoms with Crippen LogP contribution in [0.4, 0.5) is 5.69 Å². The molecule has 0 aliphatic rings. The molecule has 4 heteroatoms. The highest BCUT2D eigenvalue weighted by Gasteiger charge is 2.10. The lowest BCUT2D eigenvalue weighted by molar-refractivity contribution is 0.620. The summed E-state index contributed by atoms with van der Waals surface area (Å²) >= 11 is 6.06. The molecule has 2 aromatic carbocycles. The molecule has 2 N–H and O–H groups in total. The van der Waals surface area contributed by atoms with Crippen molar-refractivity contribution in [3.05, 3.63) is 47.0 Å². The van der Waals surface area contributed by atoms with E-state index in [9.17, 15) is 0 Å². The van der Waals surface area contributed by atoms with Crippen molar-refractivity contribution in [3.63, 3.8) is 0 Å². The van der Waals surface area contributed by atoms with Gasteiger partial charge in [0.25, 0.3) is 0 Å². The highest BCUT2D eigenvalue weighted by molar-refractivity contribution is 6.32. The SMILES string of the molecule is Cc1cc2nc(-c3cccc(N)c3)oc2cc1Cl. The third kappa shape index (κ3) is 1.83. The second-order valence-electron chi connectivity index (χ2n) is 4.21. The van der Waals surface area contributed by atoms with E-state index >= 15 is 0 Å². The Kier molecular flexibility index (Phi) is 2.49. The smallest absolute Gasteiger partial charge is 0.227 e. The average Bonchev–Trinajstić information content (AvgIpc) is 2.73. The summed E-state index contributed by atoms with van der Waals surface area (Å²) < 4.78 is 5.69. The molecule has 0 saturated carbocycles. The molecule has 3 aromatic rings. The van der Waals surface area contributed by atoms with Crippen LogP contribution in [0.2, 0.25) is 5.02 Å². The van der Waals surface area contributed by atoms with Crippen molar-refractivity contribution in [1.82, 2.24) is 4.98 Å². The molecule has 0 amide bonds. The first kappa shape index (κ1) is 11.1. The number of oxazole rings is 1. The van der Waals surface area contributed by atoms with Gasteiger partial charge in [-0.25, -0.2) is 4.98 Å². The van der Waals surface area contributed by atoms with Gasteiger partial charge in [0, 0.05) is 22.3 Å². The zero-order valence-corrected chi connectivity index (χ0v) is 10.5. The lowest BCUT2D eigenvalue weighted by Gasteiger charge is -1.96. The maximum absolute atomic E-state index is 6.06. The van der Waals surface area contributed by atoms with Crippen molar-refractivity contribution in [2.24, 2.45) is 0 Å². The zero-order chi connectivity index (χ0) is 12.7. The van der Waals surface area contributed by atoms with Gasteiger partial charge in [-0.3, -0.25) is 0 Å². The summed E-state index contributed by atoms with van der Waals surface area (Å²) in [6, 6.07) is 11.1. The Balaban J connectivity index is 2.19. The molecular formula is C14H11ClN2O. The summed E-state index contributed by atoms with van der Waals surface area (Å²) in [7, 11) is 0. The Morgan fingerprint density at radius 1 is 1.22 bits per heavy atom. The van der Waals surface area contributed by atoms with Crippen LogP contribution in [0, 0.1) is 6.92 Å². The monoisotopic (exact) mass is 258 g/mol. The van der Waals surface area contributed by atoms with Crippen LogP contribution in [-0.4, -0.2) is 4.98 Å². The first-order valence-corrected chi connectivity index (χ1v) is 5.94. The van der Waals surface area contributed by atoms with Crippen LogP contribution in [0.3, 0.4) is 0 Å². The number of fused-ring (bicyclic) bond motifs is 1. The molecule has 3 rings (SSSR count). The molecule has 0 bridgehead atoms. The highest BCUT2D eigenvalue weighted by atomic mass is 35.5. The fourth-order valence-corrected chi connectivity index (χ4v) is 2.00. The van der Waals surface area contributed by atoms with Gasteiger partial charge in [0.05, 0.1) is 0 Å². The van der Waals surface area contributed by atoms with E-state index in [0.29, 0.717) is 22.2 Å². The third-order valence-corrected chi connectivity index (χ3v) is 3.21. The molecule has 18 heavy (non-hydrogen) atoms. The van der Waals surface area contributed by atoms with Crippen LogP contribution in [0.15, 0.2) is 40.8 Å². The van der Waals surface area contributed by atoms with E-state index in [1.807, 2.05) is 37.3 Å². The van der Waals surface area contributed by atoms with Crippen LogP contribution in [0.5, 0.6) is 0 Å². The third-order valence-electron chi connectivity index (χ3n) is 2.80. The molecule has 90 valence electrons. The number of rotatable bonds is 1. The maximum atomic E-state index is 6.06. The van der Waals surface area contributed by atoms with Crippen LogP contribution < -0.4 is 5.73 Å².